The highest BCUT2D eigenvalue weighted by molar-refractivity contribution is 6.02. The van der Waals surface area contributed by atoms with Crippen molar-refractivity contribution >= 4 is 11.7 Å². The van der Waals surface area contributed by atoms with Gasteiger partial charge in [0.05, 0.1) is 13.7 Å². The lowest BCUT2D eigenvalue weighted by atomic mass is 9.73. The van der Waals surface area contributed by atoms with Crippen LogP contribution in [0.25, 0.3) is 0 Å². The van der Waals surface area contributed by atoms with Crippen LogP contribution in [0.5, 0.6) is 11.5 Å². The van der Waals surface area contributed by atoms with Gasteiger partial charge in [-0.15, -0.1) is 0 Å². The Balaban J connectivity index is 1.63. The van der Waals surface area contributed by atoms with Gasteiger partial charge in [-0.1, -0.05) is 37.3 Å². The lowest BCUT2D eigenvalue weighted by molar-refractivity contribution is -0.122. The van der Waals surface area contributed by atoms with Gasteiger partial charge in [0.1, 0.15) is 11.5 Å². The fourth-order valence-corrected chi connectivity index (χ4v) is 4.47. The summed E-state index contributed by atoms with van der Waals surface area (Å²) in [7, 11) is 1.61. The van der Waals surface area contributed by atoms with Gasteiger partial charge in [0.25, 0.3) is 0 Å². The van der Waals surface area contributed by atoms with Gasteiger partial charge in [-0.05, 0) is 42.5 Å². The first-order valence-corrected chi connectivity index (χ1v) is 10.5. The Kier molecular flexibility index (Phi) is 5.88. The van der Waals surface area contributed by atoms with Gasteiger partial charge in [0, 0.05) is 35.6 Å². The molecule has 0 saturated heterocycles. The second-order valence-corrected chi connectivity index (χ2v) is 7.88. The zero-order valence-corrected chi connectivity index (χ0v) is 17.4. The molecule has 2 atom stereocenters. The number of ether oxygens (including phenoxy) is 2. The number of benzene rings is 2. The van der Waals surface area contributed by atoms with Gasteiger partial charge < -0.3 is 14.8 Å². The number of para-hydroxylation sites is 1. The highest BCUT2D eigenvalue weighted by Crippen LogP contribution is 2.44. The second-order valence-electron chi connectivity index (χ2n) is 7.88. The average molecular weight is 405 g/mol. The van der Waals surface area contributed by atoms with Crippen LogP contribution in [0.2, 0.25) is 0 Å². The molecule has 0 saturated carbocycles. The molecule has 2 aromatic rings. The maximum atomic E-state index is 13.2. The summed E-state index contributed by atoms with van der Waals surface area (Å²) in [5, 5.41) is 2.98. The van der Waals surface area contributed by atoms with E-state index in [1.54, 1.807) is 7.11 Å². The molecule has 0 aromatic heterocycles. The Morgan fingerprint density at radius 3 is 2.50 bits per heavy atom. The van der Waals surface area contributed by atoms with E-state index in [2.05, 4.69) is 12.2 Å². The summed E-state index contributed by atoms with van der Waals surface area (Å²) in [6.45, 7) is 2.76. The van der Waals surface area contributed by atoms with Crippen LogP contribution in [0, 0.1) is 0 Å². The normalized spacial score (nSPS) is 21.1. The maximum absolute atomic E-state index is 13.2. The largest absolute Gasteiger partial charge is 0.496 e. The SMILES string of the molecule is CCCOc1ccc(C2CC(=O)C3=C(C2)NC(=O)CC3c2ccccc2OC)cc1. The summed E-state index contributed by atoms with van der Waals surface area (Å²) in [4.78, 5) is 25.7. The highest BCUT2D eigenvalue weighted by Gasteiger charge is 2.39. The molecule has 2 unspecified atom stereocenters. The third kappa shape index (κ3) is 3.97. The smallest absolute Gasteiger partial charge is 0.225 e. The number of hydrogen-bond acceptors (Lipinski definition) is 4. The number of nitrogens with one attached hydrogen (secondary N) is 1. The minimum absolute atomic E-state index is 0.0493. The second kappa shape index (κ2) is 8.74. The average Bonchev–Trinajstić information content (AvgIpc) is 2.77. The summed E-state index contributed by atoms with van der Waals surface area (Å²) in [6, 6.07) is 15.6. The van der Waals surface area contributed by atoms with Crippen LogP contribution in [0.3, 0.4) is 0 Å². The lowest BCUT2D eigenvalue weighted by Gasteiger charge is -2.35. The first kappa shape index (κ1) is 20.2. The summed E-state index contributed by atoms with van der Waals surface area (Å²) < 4.78 is 11.2. The number of carbonyl (C=O) groups excluding carboxylic acids is 2. The zero-order chi connectivity index (χ0) is 21.1. The van der Waals surface area contributed by atoms with Gasteiger partial charge in [-0.25, -0.2) is 0 Å². The quantitative estimate of drug-likeness (QED) is 0.769. The van der Waals surface area contributed by atoms with E-state index in [4.69, 9.17) is 9.47 Å². The van der Waals surface area contributed by atoms with Gasteiger partial charge in [-0.2, -0.15) is 0 Å². The van der Waals surface area contributed by atoms with Crippen molar-refractivity contribution in [3.8, 4) is 11.5 Å². The Labute approximate surface area is 177 Å². The van der Waals surface area contributed by atoms with Crippen molar-refractivity contribution in [3.05, 3.63) is 70.9 Å². The number of ketones is 1. The van der Waals surface area contributed by atoms with Crippen molar-refractivity contribution in [2.75, 3.05) is 13.7 Å². The molecular formula is C25H27NO4. The lowest BCUT2D eigenvalue weighted by Crippen LogP contribution is -2.38. The van der Waals surface area contributed by atoms with Gasteiger partial charge in [0.2, 0.25) is 5.91 Å². The molecule has 1 amide bonds. The summed E-state index contributed by atoms with van der Waals surface area (Å²) >= 11 is 0. The molecule has 2 aliphatic rings. The molecule has 5 nitrogen and oxygen atoms in total. The molecule has 1 aliphatic carbocycles. The predicted molar refractivity (Wildman–Crippen MR) is 115 cm³/mol. The van der Waals surface area contributed by atoms with Crippen LogP contribution in [0.15, 0.2) is 59.8 Å². The van der Waals surface area contributed by atoms with Gasteiger partial charge >= 0.3 is 0 Å². The molecule has 1 N–H and O–H groups in total. The molecule has 0 radical (unpaired) electrons. The van der Waals surface area contributed by atoms with E-state index in [-0.39, 0.29) is 29.9 Å². The fraction of sp³-hybridized carbons (Fsp3) is 0.360. The molecule has 2 aromatic carbocycles. The van der Waals surface area contributed by atoms with Crippen molar-refractivity contribution in [3.63, 3.8) is 0 Å². The molecular weight excluding hydrogens is 378 g/mol. The summed E-state index contributed by atoms with van der Waals surface area (Å²) in [6.07, 6.45) is 2.31. The first-order valence-electron chi connectivity index (χ1n) is 10.5. The number of allylic oxidation sites excluding steroid dienone is 2. The van der Waals surface area contributed by atoms with Crippen LogP contribution in [-0.2, 0) is 9.59 Å². The predicted octanol–water partition coefficient (Wildman–Crippen LogP) is 4.49. The van der Waals surface area contributed by atoms with Crippen LogP contribution in [0.1, 0.15) is 55.6 Å². The first-order chi connectivity index (χ1) is 14.6. The Bertz CT molecular complexity index is 977. The number of rotatable bonds is 6. The fourth-order valence-electron chi connectivity index (χ4n) is 4.47. The van der Waals surface area contributed by atoms with Crippen molar-refractivity contribution < 1.29 is 19.1 Å². The van der Waals surface area contributed by atoms with Crippen LogP contribution in [-0.4, -0.2) is 25.4 Å². The molecule has 4 rings (SSSR count). The van der Waals surface area contributed by atoms with E-state index >= 15 is 0 Å². The monoisotopic (exact) mass is 405 g/mol. The van der Waals surface area contributed by atoms with Crippen LogP contribution < -0.4 is 14.8 Å². The molecule has 30 heavy (non-hydrogen) atoms. The van der Waals surface area contributed by atoms with Gasteiger partial charge in [0.15, 0.2) is 5.78 Å². The minimum Gasteiger partial charge on any atom is -0.496 e. The van der Waals surface area contributed by atoms with E-state index in [0.717, 1.165) is 34.6 Å². The molecule has 0 spiro atoms. The molecule has 1 heterocycles. The number of hydrogen-bond donors (Lipinski definition) is 1. The van der Waals surface area contributed by atoms with Crippen molar-refractivity contribution in [2.24, 2.45) is 0 Å². The number of carbonyl (C=O) groups is 2. The van der Waals surface area contributed by atoms with E-state index in [9.17, 15) is 9.59 Å². The van der Waals surface area contributed by atoms with E-state index in [1.807, 2.05) is 48.5 Å². The van der Waals surface area contributed by atoms with Gasteiger partial charge in [-0.3, -0.25) is 9.59 Å². The van der Waals surface area contributed by atoms with Crippen molar-refractivity contribution in [1.29, 1.82) is 0 Å². The standard InChI is InChI=1S/C25H27NO4/c1-3-12-30-18-10-8-16(9-11-18)17-13-21-25(22(27)14-17)20(15-24(28)26-21)19-6-4-5-7-23(19)29-2/h4-11,17,20H,3,12-15H2,1-2H3,(H,26,28). The minimum atomic E-state index is -0.261. The molecule has 0 bridgehead atoms. The molecule has 1 aliphatic heterocycles. The Hall–Kier alpha value is -3.08. The third-order valence-electron chi connectivity index (χ3n) is 5.87. The zero-order valence-electron chi connectivity index (χ0n) is 17.4. The molecule has 0 fully saturated rings. The number of Topliss-reactive ketones (excluding diaryl/α,β-unsaturated/α-hetero) is 1. The highest BCUT2D eigenvalue weighted by atomic mass is 16.5. The third-order valence-corrected chi connectivity index (χ3v) is 5.87. The number of methoxy groups -OCH3 is 1. The van der Waals surface area contributed by atoms with E-state index in [1.165, 1.54) is 0 Å². The maximum Gasteiger partial charge on any atom is 0.225 e. The molecule has 5 heteroatoms. The Morgan fingerprint density at radius 2 is 1.77 bits per heavy atom. The summed E-state index contributed by atoms with van der Waals surface area (Å²) in [5.41, 5.74) is 3.48. The van der Waals surface area contributed by atoms with Crippen molar-refractivity contribution in [1.82, 2.24) is 5.32 Å². The van der Waals surface area contributed by atoms with E-state index < -0.39 is 0 Å². The van der Waals surface area contributed by atoms with Crippen molar-refractivity contribution in [2.45, 2.75) is 44.4 Å². The van der Waals surface area contributed by atoms with Crippen LogP contribution in [0.4, 0.5) is 0 Å². The van der Waals surface area contributed by atoms with Crippen LogP contribution >= 0.6 is 0 Å². The van der Waals surface area contributed by atoms with E-state index in [0.29, 0.717) is 25.2 Å². The number of amides is 1. The Morgan fingerprint density at radius 1 is 1.00 bits per heavy atom. The summed E-state index contributed by atoms with van der Waals surface area (Å²) in [5.74, 6) is 1.38. The topological polar surface area (TPSA) is 64.6 Å². The molecule has 156 valence electrons.